The van der Waals surface area contributed by atoms with E-state index in [0.717, 1.165) is 32.4 Å². The third-order valence-electron chi connectivity index (χ3n) is 2.73. The topological polar surface area (TPSA) is 35.8 Å². The van der Waals surface area contributed by atoms with Crippen molar-refractivity contribution in [3.63, 3.8) is 0 Å². The highest BCUT2D eigenvalue weighted by molar-refractivity contribution is 9.11. The van der Waals surface area contributed by atoms with Crippen LogP contribution in [0.3, 0.4) is 0 Å². The van der Waals surface area contributed by atoms with E-state index in [9.17, 15) is 0 Å². The Hall–Kier alpha value is -0.370. The fourth-order valence-corrected chi connectivity index (χ4v) is 2.99. The summed E-state index contributed by atoms with van der Waals surface area (Å²) < 4.78 is 1.19. The molecule has 1 aliphatic carbocycles. The lowest BCUT2D eigenvalue weighted by Gasteiger charge is -2.06. The van der Waals surface area contributed by atoms with Gasteiger partial charge in [-0.05, 0) is 47.3 Å². The molecule has 1 aliphatic rings. The molecule has 1 saturated carbocycles. The van der Waals surface area contributed by atoms with Gasteiger partial charge in [-0.2, -0.15) is 5.26 Å². The minimum atomic E-state index is -0.0178. The molecule has 0 amide bonds. The predicted molar refractivity (Wildman–Crippen MR) is 65.9 cm³/mol. The van der Waals surface area contributed by atoms with Gasteiger partial charge in [-0.15, -0.1) is 11.3 Å². The largest absolute Gasteiger partial charge is 0.315 e. The smallest absolute Gasteiger partial charge is 0.0703 e. The molecule has 1 aromatic rings. The van der Waals surface area contributed by atoms with Crippen molar-refractivity contribution < 1.29 is 0 Å². The van der Waals surface area contributed by atoms with Gasteiger partial charge in [0.2, 0.25) is 0 Å². The lowest BCUT2D eigenvalue weighted by molar-refractivity contribution is 0.561. The van der Waals surface area contributed by atoms with Gasteiger partial charge in [-0.1, -0.05) is 0 Å². The minimum Gasteiger partial charge on any atom is -0.315 e. The number of nitrogens with zero attached hydrogens (tertiary/aromatic N) is 1. The first-order valence-corrected chi connectivity index (χ1v) is 6.71. The average Bonchev–Trinajstić information content (AvgIpc) is 2.91. The molecule has 0 aliphatic heterocycles. The van der Waals surface area contributed by atoms with Crippen molar-refractivity contribution in [1.29, 1.82) is 5.26 Å². The van der Waals surface area contributed by atoms with Crippen LogP contribution in [0.2, 0.25) is 0 Å². The second-order valence-electron chi connectivity index (χ2n) is 4.02. The van der Waals surface area contributed by atoms with Gasteiger partial charge in [0.05, 0.1) is 15.3 Å². The third kappa shape index (κ3) is 3.04. The van der Waals surface area contributed by atoms with Crippen LogP contribution in [0.5, 0.6) is 0 Å². The van der Waals surface area contributed by atoms with Gasteiger partial charge >= 0.3 is 0 Å². The van der Waals surface area contributed by atoms with E-state index < -0.39 is 0 Å². The van der Waals surface area contributed by atoms with Crippen molar-refractivity contribution >= 4 is 27.3 Å². The predicted octanol–water partition coefficient (Wildman–Crippen LogP) is 2.95. The van der Waals surface area contributed by atoms with Crippen molar-refractivity contribution in [3.05, 3.63) is 20.8 Å². The lowest BCUT2D eigenvalue weighted by Crippen LogP contribution is -2.24. The summed E-state index contributed by atoms with van der Waals surface area (Å²) in [6.45, 7) is 1.83. The first-order chi connectivity index (χ1) is 7.24. The number of nitriles is 1. The minimum absolute atomic E-state index is 0.0178. The zero-order valence-electron chi connectivity index (χ0n) is 8.42. The molecule has 0 radical (unpaired) electrons. The van der Waals surface area contributed by atoms with Crippen LogP contribution in [0.1, 0.15) is 17.7 Å². The van der Waals surface area contributed by atoms with Crippen molar-refractivity contribution in [3.8, 4) is 6.07 Å². The average molecular weight is 285 g/mol. The SMILES string of the molecule is N#CC1(CNCCc2ccc(Br)s2)CC1. The highest BCUT2D eigenvalue weighted by Gasteiger charge is 2.42. The maximum absolute atomic E-state index is 8.88. The van der Waals surface area contributed by atoms with Crippen molar-refractivity contribution in [2.24, 2.45) is 5.41 Å². The molecule has 0 atom stereocenters. The summed E-state index contributed by atoms with van der Waals surface area (Å²) in [6, 6.07) is 6.62. The molecule has 0 bridgehead atoms. The summed E-state index contributed by atoms with van der Waals surface area (Å²) in [7, 11) is 0. The molecular weight excluding hydrogens is 272 g/mol. The summed E-state index contributed by atoms with van der Waals surface area (Å²) in [4.78, 5) is 1.39. The molecule has 15 heavy (non-hydrogen) atoms. The van der Waals surface area contributed by atoms with E-state index in [0.29, 0.717) is 0 Å². The molecule has 0 aromatic carbocycles. The number of hydrogen-bond donors (Lipinski definition) is 1. The van der Waals surface area contributed by atoms with E-state index in [1.54, 1.807) is 11.3 Å². The van der Waals surface area contributed by atoms with Crippen LogP contribution in [-0.4, -0.2) is 13.1 Å². The molecule has 0 spiro atoms. The van der Waals surface area contributed by atoms with E-state index in [2.05, 4.69) is 39.4 Å². The van der Waals surface area contributed by atoms with Gasteiger partial charge in [0.1, 0.15) is 0 Å². The van der Waals surface area contributed by atoms with Crippen LogP contribution in [0.4, 0.5) is 0 Å². The Kier molecular flexibility index (Phi) is 3.45. The van der Waals surface area contributed by atoms with Crippen LogP contribution in [0.15, 0.2) is 15.9 Å². The molecule has 2 nitrogen and oxygen atoms in total. The normalized spacial score (nSPS) is 17.3. The first kappa shape index (κ1) is 11.1. The van der Waals surface area contributed by atoms with E-state index in [4.69, 9.17) is 5.26 Å². The molecule has 80 valence electrons. The number of thiophene rings is 1. The Labute approximate surface area is 102 Å². The molecule has 1 aromatic heterocycles. The van der Waals surface area contributed by atoms with Gasteiger partial charge in [0.25, 0.3) is 0 Å². The Balaban J connectivity index is 1.66. The number of halogens is 1. The van der Waals surface area contributed by atoms with Gasteiger partial charge in [0.15, 0.2) is 0 Å². The highest BCUT2D eigenvalue weighted by atomic mass is 79.9. The van der Waals surface area contributed by atoms with Crippen molar-refractivity contribution in [1.82, 2.24) is 5.32 Å². The highest BCUT2D eigenvalue weighted by Crippen LogP contribution is 2.43. The summed E-state index contributed by atoms with van der Waals surface area (Å²) in [5.74, 6) is 0. The molecule has 0 saturated heterocycles. The van der Waals surface area contributed by atoms with Crippen LogP contribution >= 0.6 is 27.3 Å². The number of nitrogens with one attached hydrogen (secondary N) is 1. The Bertz CT molecular complexity index is 376. The molecule has 4 heteroatoms. The fraction of sp³-hybridized carbons (Fsp3) is 0.545. The number of rotatable bonds is 5. The monoisotopic (exact) mass is 284 g/mol. The van der Waals surface area contributed by atoms with Gasteiger partial charge in [-0.25, -0.2) is 0 Å². The van der Waals surface area contributed by atoms with Crippen LogP contribution in [0.25, 0.3) is 0 Å². The van der Waals surface area contributed by atoms with Crippen molar-refractivity contribution in [2.75, 3.05) is 13.1 Å². The van der Waals surface area contributed by atoms with Gasteiger partial charge in [0, 0.05) is 18.0 Å². The maximum atomic E-state index is 8.88. The Morgan fingerprint density at radius 1 is 1.53 bits per heavy atom. The molecule has 1 fully saturated rings. The zero-order chi connectivity index (χ0) is 10.7. The molecule has 1 N–H and O–H groups in total. The summed E-state index contributed by atoms with van der Waals surface area (Å²) in [5, 5.41) is 12.2. The van der Waals surface area contributed by atoms with Crippen LogP contribution in [0, 0.1) is 16.7 Å². The van der Waals surface area contributed by atoms with Gasteiger partial charge in [-0.3, -0.25) is 0 Å². The first-order valence-electron chi connectivity index (χ1n) is 5.10. The van der Waals surface area contributed by atoms with E-state index >= 15 is 0 Å². The Morgan fingerprint density at radius 2 is 2.33 bits per heavy atom. The van der Waals surface area contributed by atoms with Crippen LogP contribution < -0.4 is 5.32 Å². The Morgan fingerprint density at radius 3 is 2.87 bits per heavy atom. The summed E-state index contributed by atoms with van der Waals surface area (Å²) >= 11 is 5.23. The standard InChI is InChI=1S/C11H13BrN2S/c12-10-2-1-9(15-10)3-6-14-8-11(7-13)4-5-11/h1-2,14H,3-6,8H2. The molecular formula is C11H13BrN2S. The lowest BCUT2D eigenvalue weighted by atomic mass is 10.1. The molecule has 1 heterocycles. The summed E-state index contributed by atoms with van der Waals surface area (Å²) in [6.07, 6.45) is 3.19. The van der Waals surface area contributed by atoms with Crippen LogP contribution in [-0.2, 0) is 6.42 Å². The number of hydrogen-bond acceptors (Lipinski definition) is 3. The second-order valence-corrected chi connectivity index (χ2v) is 6.57. The quantitative estimate of drug-likeness (QED) is 0.844. The fourth-order valence-electron chi connectivity index (χ4n) is 1.50. The summed E-state index contributed by atoms with van der Waals surface area (Å²) in [5.41, 5.74) is -0.0178. The van der Waals surface area contributed by atoms with E-state index in [-0.39, 0.29) is 5.41 Å². The van der Waals surface area contributed by atoms with Crippen molar-refractivity contribution in [2.45, 2.75) is 19.3 Å². The molecule has 2 rings (SSSR count). The second kappa shape index (κ2) is 4.65. The molecule has 0 unspecified atom stereocenters. The zero-order valence-corrected chi connectivity index (χ0v) is 10.8. The third-order valence-corrected chi connectivity index (χ3v) is 4.41. The maximum Gasteiger partial charge on any atom is 0.0703 e. The van der Waals surface area contributed by atoms with Gasteiger partial charge < -0.3 is 5.32 Å². The van der Waals surface area contributed by atoms with E-state index in [1.165, 1.54) is 8.66 Å². The van der Waals surface area contributed by atoms with E-state index in [1.807, 2.05) is 0 Å².